The second-order valence-electron chi connectivity index (χ2n) is 6.70. The third-order valence-corrected chi connectivity index (χ3v) is 4.60. The molecule has 0 bridgehead atoms. The van der Waals surface area contributed by atoms with Gasteiger partial charge in [-0.25, -0.2) is 9.67 Å². The fourth-order valence-corrected chi connectivity index (χ4v) is 3.06. The molecule has 2 aromatic rings. The number of nitrogens with zero attached hydrogens (tertiary/aromatic N) is 3. The molecule has 1 aliphatic carbocycles. The molecule has 0 saturated heterocycles. The summed E-state index contributed by atoms with van der Waals surface area (Å²) in [5.74, 6) is -0.274. The van der Waals surface area contributed by atoms with Crippen molar-refractivity contribution in [3.63, 3.8) is 0 Å². The molecule has 1 saturated carbocycles. The summed E-state index contributed by atoms with van der Waals surface area (Å²) in [4.78, 5) is 28.4. The molecule has 2 amide bonds. The Kier molecular flexibility index (Phi) is 5.62. The molecule has 0 unspecified atom stereocenters. The van der Waals surface area contributed by atoms with Crippen molar-refractivity contribution in [3.05, 3.63) is 42.2 Å². The van der Waals surface area contributed by atoms with E-state index in [4.69, 9.17) is 5.73 Å². The molecular weight excluding hydrogens is 332 g/mol. The van der Waals surface area contributed by atoms with Crippen molar-refractivity contribution in [2.75, 3.05) is 5.32 Å². The molecule has 1 aromatic heterocycles. The highest BCUT2D eigenvalue weighted by Gasteiger charge is 2.35. The highest BCUT2D eigenvalue weighted by molar-refractivity contribution is 5.96. The number of nitrogens with one attached hydrogen (secondary N) is 2. The van der Waals surface area contributed by atoms with Crippen LogP contribution in [-0.4, -0.2) is 32.1 Å². The number of hydrogen-bond acceptors (Lipinski definition) is 5. The van der Waals surface area contributed by atoms with Crippen LogP contribution in [0.15, 0.2) is 36.7 Å². The van der Waals surface area contributed by atoms with Crippen molar-refractivity contribution in [2.45, 2.75) is 50.7 Å². The molecule has 26 heavy (non-hydrogen) atoms. The Bertz CT molecular complexity index is 752. The van der Waals surface area contributed by atoms with Crippen LogP contribution in [0.1, 0.15) is 37.7 Å². The van der Waals surface area contributed by atoms with Gasteiger partial charge in [-0.2, -0.15) is 0 Å². The van der Waals surface area contributed by atoms with Gasteiger partial charge in [0.1, 0.15) is 12.9 Å². The molecule has 0 spiro atoms. The van der Waals surface area contributed by atoms with Crippen molar-refractivity contribution in [3.8, 4) is 0 Å². The third kappa shape index (κ3) is 4.66. The Labute approximate surface area is 152 Å². The van der Waals surface area contributed by atoms with E-state index in [0.29, 0.717) is 19.4 Å². The van der Waals surface area contributed by atoms with Crippen LogP contribution in [0.5, 0.6) is 0 Å². The van der Waals surface area contributed by atoms with Crippen LogP contribution in [0.2, 0.25) is 0 Å². The van der Waals surface area contributed by atoms with Gasteiger partial charge in [-0.05, 0) is 18.4 Å². The van der Waals surface area contributed by atoms with Gasteiger partial charge >= 0.3 is 0 Å². The number of carbonyl (C=O) groups excluding carboxylic acids is 2. The summed E-state index contributed by atoms with van der Waals surface area (Å²) in [7, 11) is 0. The zero-order chi connectivity index (χ0) is 18.4. The zero-order valence-corrected chi connectivity index (χ0v) is 14.6. The Morgan fingerprint density at radius 3 is 2.62 bits per heavy atom. The Balaban J connectivity index is 1.49. The molecule has 8 heteroatoms. The average molecular weight is 356 g/mol. The monoisotopic (exact) mass is 356 g/mol. The van der Waals surface area contributed by atoms with Gasteiger partial charge in [0.05, 0.1) is 5.54 Å². The van der Waals surface area contributed by atoms with E-state index in [1.165, 1.54) is 11.0 Å². The standard InChI is InChI=1S/C18H24N6O2/c19-18(9-5-2-6-10-18)16(26)22-17-21-13-24(23-17)12-15(25)20-11-14-7-3-1-4-8-14/h1,3-4,7-8,13H,2,5-6,9-12,19H2,(H,20,25)(H,22,23,26). The molecule has 1 heterocycles. The predicted molar refractivity (Wildman–Crippen MR) is 96.9 cm³/mol. The normalized spacial score (nSPS) is 16.0. The van der Waals surface area contributed by atoms with Crippen molar-refractivity contribution < 1.29 is 9.59 Å². The fourth-order valence-electron chi connectivity index (χ4n) is 3.06. The summed E-state index contributed by atoms with van der Waals surface area (Å²) in [6.07, 6.45) is 5.77. The van der Waals surface area contributed by atoms with E-state index >= 15 is 0 Å². The fraction of sp³-hybridized carbons (Fsp3) is 0.444. The van der Waals surface area contributed by atoms with Crippen LogP contribution in [0, 0.1) is 0 Å². The molecule has 138 valence electrons. The van der Waals surface area contributed by atoms with Crippen LogP contribution >= 0.6 is 0 Å². The Morgan fingerprint density at radius 2 is 1.88 bits per heavy atom. The largest absolute Gasteiger partial charge is 0.350 e. The maximum absolute atomic E-state index is 12.4. The van der Waals surface area contributed by atoms with Gasteiger partial charge in [0.15, 0.2) is 0 Å². The van der Waals surface area contributed by atoms with Crippen molar-refractivity contribution in [1.29, 1.82) is 0 Å². The summed E-state index contributed by atoms with van der Waals surface area (Å²) in [5.41, 5.74) is 6.37. The lowest BCUT2D eigenvalue weighted by molar-refractivity contribution is -0.122. The summed E-state index contributed by atoms with van der Waals surface area (Å²) < 4.78 is 1.39. The van der Waals surface area contributed by atoms with E-state index in [-0.39, 0.29) is 24.3 Å². The third-order valence-electron chi connectivity index (χ3n) is 4.60. The zero-order valence-electron chi connectivity index (χ0n) is 14.6. The molecule has 0 atom stereocenters. The first-order valence-corrected chi connectivity index (χ1v) is 8.86. The minimum atomic E-state index is -0.850. The SMILES string of the molecule is NC1(C(=O)Nc2ncn(CC(=O)NCc3ccccc3)n2)CCCCC1. The highest BCUT2D eigenvalue weighted by Crippen LogP contribution is 2.26. The minimum absolute atomic E-state index is 0.0312. The van der Waals surface area contributed by atoms with Gasteiger partial charge < -0.3 is 11.1 Å². The number of nitrogens with two attached hydrogens (primary N) is 1. The van der Waals surface area contributed by atoms with Gasteiger partial charge in [0.25, 0.3) is 0 Å². The van der Waals surface area contributed by atoms with Crippen LogP contribution in [0.25, 0.3) is 0 Å². The topological polar surface area (TPSA) is 115 Å². The molecule has 1 aliphatic rings. The van der Waals surface area contributed by atoms with Crippen molar-refractivity contribution in [1.82, 2.24) is 20.1 Å². The van der Waals surface area contributed by atoms with Crippen LogP contribution in [-0.2, 0) is 22.7 Å². The van der Waals surface area contributed by atoms with E-state index < -0.39 is 5.54 Å². The first kappa shape index (κ1) is 18.1. The molecule has 8 nitrogen and oxygen atoms in total. The van der Waals surface area contributed by atoms with E-state index in [1.54, 1.807) is 0 Å². The lowest BCUT2D eigenvalue weighted by Crippen LogP contribution is -2.52. The molecule has 0 radical (unpaired) electrons. The van der Waals surface area contributed by atoms with Gasteiger partial charge in [-0.3, -0.25) is 14.9 Å². The highest BCUT2D eigenvalue weighted by atomic mass is 16.2. The number of aromatic nitrogens is 3. The summed E-state index contributed by atoms with van der Waals surface area (Å²) >= 11 is 0. The number of anilines is 1. The summed E-state index contributed by atoms with van der Waals surface area (Å²) in [6.45, 7) is 0.483. The molecule has 4 N–H and O–H groups in total. The number of hydrogen-bond donors (Lipinski definition) is 3. The summed E-state index contributed by atoms with van der Waals surface area (Å²) in [5, 5.41) is 9.61. The van der Waals surface area contributed by atoms with E-state index in [1.807, 2.05) is 30.3 Å². The number of benzene rings is 1. The molecule has 1 fully saturated rings. The Morgan fingerprint density at radius 1 is 1.15 bits per heavy atom. The van der Waals surface area contributed by atoms with Gasteiger partial charge in [-0.1, -0.05) is 49.6 Å². The Hall–Kier alpha value is -2.74. The predicted octanol–water partition coefficient (Wildman–Crippen LogP) is 1.19. The lowest BCUT2D eigenvalue weighted by atomic mass is 9.82. The smallest absolute Gasteiger partial charge is 0.248 e. The number of rotatable bonds is 6. The van der Waals surface area contributed by atoms with Gasteiger partial charge in [0.2, 0.25) is 17.8 Å². The quantitative estimate of drug-likeness (QED) is 0.719. The van der Waals surface area contributed by atoms with Crippen LogP contribution < -0.4 is 16.4 Å². The van der Waals surface area contributed by atoms with E-state index in [9.17, 15) is 9.59 Å². The lowest BCUT2D eigenvalue weighted by Gasteiger charge is -2.31. The molecule has 0 aliphatic heterocycles. The van der Waals surface area contributed by atoms with Crippen molar-refractivity contribution in [2.24, 2.45) is 5.73 Å². The van der Waals surface area contributed by atoms with Gasteiger partial charge in [-0.15, -0.1) is 5.10 Å². The number of amides is 2. The summed E-state index contributed by atoms with van der Waals surface area (Å²) in [6, 6.07) is 9.65. The van der Waals surface area contributed by atoms with Crippen LogP contribution in [0.3, 0.4) is 0 Å². The second-order valence-corrected chi connectivity index (χ2v) is 6.70. The second kappa shape index (κ2) is 8.09. The average Bonchev–Trinajstić information content (AvgIpc) is 3.08. The molecule has 3 rings (SSSR count). The van der Waals surface area contributed by atoms with Crippen LogP contribution in [0.4, 0.5) is 5.95 Å². The maximum atomic E-state index is 12.4. The van der Waals surface area contributed by atoms with E-state index in [0.717, 1.165) is 24.8 Å². The van der Waals surface area contributed by atoms with E-state index in [2.05, 4.69) is 20.7 Å². The first-order valence-electron chi connectivity index (χ1n) is 8.86. The first-order chi connectivity index (χ1) is 12.5. The number of carbonyl (C=O) groups is 2. The maximum Gasteiger partial charge on any atom is 0.248 e. The molecular formula is C18H24N6O2. The molecule has 1 aromatic carbocycles. The minimum Gasteiger partial charge on any atom is -0.350 e. The van der Waals surface area contributed by atoms with Crippen molar-refractivity contribution >= 4 is 17.8 Å². The van der Waals surface area contributed by atoms with Gasteiger partial charge in [0, 0.05) is 6.54 Å².